The van der Waals surface area contributed by atoms with Crippen LogP contribution < -0.4 is 10.9 Å². The highest BCUT2D eigenvalue weighted by molar-refractivity contribution is 5.41. The molecule has 0 spiro atoms. The lowest BCUT2D eigenvalue weighted by molar-refractivity contribution is 0.0844. The standard InChI is InChI=1S/C22H26F2N4O2/c1-13(2)22(25-12-15-4-3-5-16(23)21(15)24)18-11-20(29)28-19(26-18)10-17(27-28)14-6-8-30-9-7-14/h3-5,10-11,13-14,22,25,27H,6-9,12H2,1-2H3. The first kappa shape index (κ1) is 20.7. The van der Waals surface area contributed by atoms with Crippen molar-refractivity contribution in [1.82, 2.24) is 19.9 Å². The first-order chi connectivity index (χ1) is 14.4. The van der Waals surface area contributed by atoms with Crippen LogP contribution in [0.3, 0.4) is 0 Å². The van der Waals surface area contributed by atoms with Crippen molar-refractivity contribution < 1.29 is 13.5 Å². The smallest absolute Gasteiger partial charge is 0.272 e. The summed E-state index contributed by atoms with van der Waals surface area (Å²) in [5.41, 5.74) is 2.17. The molecule has 1 unspecified atom stereocenters. The number of halogens is 2. The van der Waals surface area contributed by atoms with Gasteiger partial charge in [-0.2, -0.15) is 0 Å². The molecule has 1 aliphatic heterocycles. The van der Waals surface area contributed by atoms with E-state index in [1.165, 1.54) is 16.6 Å². The van der Waals surface area contributed by atoms with Crippen LogP contribution >= 0.6 is 0 Å². The summed E-state index contributed by atoms with van der Waals surface area (Å²) >= 11 is 0. The van der Waals surface area contributed by atoms with E-state index in [-0.39, 0.29) is 29.6 Å². The molecule has 6 nitrogen and oxygen atoms in total. The highest BCUT2D eigenvalue weighted by Gasteiger charge is 2.22. The number of aromatic nitrogens is 3. The van der Waals surface area contributed by atoms with Gasteiger partial charge in [-0.05, 0) is 24.8 Å². The number of fused-ring (bicyclic) bond motifs is 1. The molecule has 1 saturated heterocycles. The summed E-state index contributed by atoms with van der Waals surface area (Å²) in [6.45, 7) is 5.54. The number of hydrogen-bond donors (Lipinski definition) is 2. The summed E-state index contributed by atoms with van der Waals surface area (Å²) in [4.78, 5) is 17.4. The normalized spacial score (nSPS) is 16.4. The van der Waals surface area contributed by atoms with Crippen LogP contribution in [0.5, 0.6) is 0 Å². The molecule has 1 fully saturated rings. The Morgan fingerprint density at radius 3 is 2.77 bits per heavy atom. The zero-order valence-corrected chi connectivity index (χ0v) is 17.1. The van der Waals surface area contributed by atoms with Crippen LogP contribution in [0.15, 0.2) is 35.1 Å². The zero-order valence-electron chi connectivity index (χ0n) is 17.1. The predicted molar refractivity (Wildman–Crippen MR) is 109 cm³/mol. The highest BCUT2D eigenvalue weighted by Crippen LogP contribution is 2.27. The number of benzene rings is 1. The van der Waals surface area contributed by atoms with Crippen LogP contribution in [-0.2, 0) is 11.3 Å². The maximum atomic E-state index is 14.0. The lowest BCUT2D eigenvalue weighted by atomic mass is 9.97. The molecule has 1 aliphatic rings. The molecule has 0 aliphatic carbocycles. The molecule has 2 aromatic heterocycles. The largest absolute Gasteiger partial charge is 0.381 e. The number of rotatable bonds is 6. The van der Waals surface area contributed by atoms with E-state index in [1.54, 1.807) is 6.07 Å². The number of aromatic amines is 1. The van der Waals surface area contributed by atoms with Gasteiger partial charge in [0.05, 0.1) is 11.7 Å². The average molecular weight is 416 g/mol. The number of nitrogens with zero attached hydrogens (tertiary/aromatic N) is 2. The third-order valence-corrected chi connectivity index (χ3v) is 5.68. The molecule has 4 rings (SSSR count). The van der Waals surface area contributed by atoms with Gasteiger partial charge in [0.1, 0.15) is 0 Å². The minimum atomic E-state index is -0.874. The fraction of sp³-hybridized carbons (Fsp3) is 0.455. The summed E-state index contributed by atoms with van der Waals surface area (Å²) in [5.74, 6) is -1.33. The van der Waals surface area contributed by atoms with Crippen LogP contribution in [0.1, 0.15) is 55.6 Å². The Bertz CT molecular complexity index is 1090. The van der Waals surface area contributed by atoms with Crippen LogP contribution in [0, 0.1) is 17.6 Å². The average Bonchev–Trinajstić information content (AvgIpc) is 3.16. The van der Waals surface area contributed by atoms with Crippen LogP contribution in [0.4, 0.5) is 8.78 Å². The lowest BCUT2D eigenvalue weighted by Crippen LogP contribution is -2.29. The molecule has 160 valence electrons. The quantitative estimate of drug-likeness (QED) is 0.643. The number of hydrogen-bond acceptors (Lipinski definition) is 4. The van der Waals surface area contributed by atoms with Gasteiger partial charge in [-0.3, -0.25) is 9.89 Å². The van der Waals surface area contributed by atoms with Gasteiger partial charge < -0.3 is 10.1 Å². The summed E-state index contributed by atoms with van der Waals surface area (Å²) in [7, 11) is 0. The fourth-order valence-corrected chi connectivity index (χ4v) is 3.99. The molecule has 0 radical (unpaired) electrons. The molecule has 0 amide bonds. The Morgan fingerprint density at radius 1 is 1.27 bits per heavy atom. The van der Waals surface area contributed by atoms with Gasteiger partial charge in [-0.1, -0.05) is 26.0 Å². The Labute approximate surface area is 173 Å². The molecular formula is C22H26F2N4O2. The summed E-state index contributed by atoms with van der Waals surface area (Å²) in [5, 5.41) is 6.41. The molecule has 2 N–H and O–H groups in total. The Balaban J connectivity index is 1.61. The van der Waals surface area contributed by atoms with Crippen molar-refractivity contribution in [3.8, 4) is 0 Å². The van der Waals surface area contributed by atoms with Crippen LogP contribution in [0.25, 0.3) is 5.65 Å². The second-order valence-electron chi connectivity index (χ2n) is 8.13. The number of ether oxygens (including phenoxy) is 1. The van der Waals surface area contributed by atoms with Gasteiger partial charge in [0.2, 0.25) is 0 Å². The summed E-state index contributed by atoms with van der Waals surface area (Å²) in [6, 6.07) is 7.25. The van der Waals surface area contributed by atoms with Gasteiger partial charge in [0.15, 0.2) is 17.3 Å². The van der Waals surface area contributed by atoms with Crippen LogP contribution in [0.2, 0.25) is 0 Å². The lowest BCUT2D eigenvalue weighted by Gasteiger charge is -2.22. The number of nitrogens with one attached hydrogen (secondary N) is 2. The van der Waals surface area contributed by atoms with E-state index >= 15 is 0 Å². The highest BCUT2D eigenvalue weighted by atomic mass is 19.2. The fourth-order valence-electron chi connectivity index (χ4n) is 3.99. The van der Waals surface area contributed by atoms with Crippen LogP contribution in [-0.4, -0.2) is 27.8 Å². The van der Waals surface area contributed by atoms with Crippen molar-refractivity contribution in [1.29, 1.82) is 0 Å². The molecule has 1 aromatic carbocycles. The third kappa shape index (κ3) is 4.15. The van der Waals surface area contributed by atoms with Crippen molar-refractivity contribution in [3.05, 3.63) is 69.3 Å². The van der Waals surface area contributed by atoms with Gasteiger partial charge in [0, 0.05) is 49.1 Å². The predicted octanol–water partition coefficient (Wildman–Crippen LogP) is 3.68. The minimum absolute atomic E-state index is 0.0878. The van der Waals surface area contributed by atoms with Crippen molar-refractivity contribution in [2.45, 2.75) is 45.2 Å². The summed E-state index contributed by atoms with van der Waals surface area (Å²) < 4.78 is 34.4. The molecule has 30 heavy (non-hydrogen) atoms. The maximum absolute atomic E-state index is 14.0. The molecule has 0 saturated carbocycles. The molecule has 1 atom stereocenters. The number of H-pyrrole nitrogens is 1. The minimum Gasteiger partial charge on any atom is -0.381 e. The summed E-state index contributed by atoms with van der Waals surface area (Å²) in [6.07, 6.45) is 1.81. The van der Waals surface area contributed by atoms with E-state index in [2.05, 4.69) is 10.4 Å². The van der Waals surface area contributed by atoms with E-state index in [9.17, 15) is 13.6 Å². The van der Waals surface area contributed by atoms with E-state index in [1.807, 2.05) is 19.9 Å². The Morgan fingerprint density at radius 2 is 2.03 bits per heavy atom. The Kier molecular flexibility index (Phi) is 5.97. The molecule has 3 heterocycles. The molecule has 8 heteroatoms. The third-order valence-electron chi connectivity index (χ3n) is 5.68. The van der Waals surface area contributed by atoms with E-state index in [0.717, 1.165) is 24.6 Å². The van der Waals surface area contributed by atoms with Gasteiger partial charge in [-0.25, -0.2) is 18.3 Å². The van der Waals surface area contributed by atoms with Crippen molar-refractivity contribution in [3.63, 3.8) is 0 Å². The first-order valence-corrected chi connectivity index (χ1v) is 10.3. The molecule has 0 bridgehead atoms. The maximum Gasteiger partial charge on any atom is 0.272 e. The molecular weight excluding hydrogens is 390 g/mol. The second-order valence-corrected chi connectivity index (χ2v) is 8.13. The monoisotopic (exact) mass is 416 g/mol. The van der Waals surface area contributed by atoms with Gasteiger partial charge >= 0.3 is 0 Å². The van der Waals surface area contributed by atoms with E-state index < -0.39 is 11.6 Å². The first-order valence-electron chi connectivity index (χ1n) is 10.3. The van der Waals surface area contributed by atoms with Crippen molar-refractivity contribution >= 4 is 5.65 Å². The Hall–Kier alpha value is -2.58. The van der Waals surface area contributed by atoms with Crippen molar-refractivity contribution in [2.75, 3.05) is 13.2 Å². The zero-order chi connectivity index (χ0) is 21.3. The SMILES string of the molecule is CC(C)C(NCc1cccc(F)c1F)c1cc(=O)n2[nH]c(C3CCOCC3)cc2n1. The van der Waals surface area contributed by atoms with E-state index in [0.29, 0.717) is 30.5 Å². The molecule has 3 aromatic rings. The second kappa shape index (κ2) is 8.65. The van der Waals surface area contributed by atoms with Crippen molar-refractivity contribution in [2.24, 2.45) is 5.92 Å². The topological polar surface area (TPSA) is 71.4 Å². The van der Waals surface area contributed by atoms with E-state index in [4.69, 9.17) is 9.72 Å². The van der Waals surface area contributed by atoms with Gasteiger partial charge in [-0.15, -0.1) is 0 Å². The van der Waals surface area contributed by atoms with Gasteiger partial charge in [0.25, 0.3) is 5.56 Å².